The second kappa shape index (κ2) is 7.02. The molecule has 1 atom stereocenters. The molecular weight excluding hydrogens is 282 g/mol. The molecule has 3 heterocycles. The van der Waals surface area contributed by atoms with Crippen molar-refractivity contribution in [1.82, 2.24) is 9.88 Å². The fourth-order valence-corrected chi connectivity index (χ4v) is 3.45. The molecule has 112 valence electrons. The minimum atomic E-state index is 0.313. The van der Waals surface area contributed by atoms with Crippen LogP contribution in [0.1, 0.15) is 16.9 Å². The SMILES string of the molecule is Nc1cc(CC[C@H]2CN(Cc3cccs3)CCO2)ccn1. The van der Waals surface area contributed by atoms with Gasteiger partial charge in [-0.25, -0.2) is 4.98 Å². The number of rotatable bonds is 5. The first-order valence-electron chi connectivity index (χ1n) is 7.36. The third-order valence-corrected chi connectivity index (χ3v) is 4.64. The van der Waals surface area contributed by atoms with E-state index in [-0.39, 0.29) is 0 Å². The molecule has 0 aliphatic carbocycles. The van der Waals surface area contributed by atoms with Crippen molar-refractivity contribution in [3.05, 3.63) is 46.3 Å². The first-order chi connectivity index (χ1) is 10.3. The van der Waals surface area contributed by atoms with Crippen LogP contribution in [0.3, 0.4) is 0 Å². The van der Waals surface area contributed by atoms with Gasteiger partial charge in [0, 0.05) is 30.7 Å². The first kappa shape index (κ1) is 14.5. The van der Waals surface area contributed by atoms with Crippen molar-refractivity contribution in [2.45, 2.75) is 25.5 Å². The zero-order valence-corrected chi connectivity index (χ0v) is 12.9. The molecule has 0 bridgehead atoms. The van der Waals surface area contributed by atoms with Crippen LogP contribution in [0.15, 0.2) is 35.8 Å². The van der Waals surface area contributed by atoms with Crippen molar-refractivity contribution in [3.63, 3.8) is 0 Å². The number of pyridine rings is 1. The lowest BCUT2D eigenvalue weighted by molar-refractivity contribution is -0.0342. The molecule has 21 heavy (non-hydrogen) atoms. The predicted octanol–water partition coefficient (Wildman–Crippen LogP) is 2.56. The summed E-state index contributed by atoms with van der Waals surface area (Å²) in [5, 5.41) is 2.14. The van der Waals surface area contributed by atoms with Crippen LogP contribution in [0.25, 0.3) is 0 Å². The molecule has 4 nitrogen and oxygen atoms in total. The molecule has 2 aromatic rings. The van der Waals surface area contributed by atoms with Crippen molar-refractivity contribution >= 4 is 17.2 Å². The summed E-state index contributed by atoms with van der Waals surface area (Å²) in [5.74, 6) is 0.594. The molecule has 0 unspecified atom stereocenters. The average molecular weight is 303 g/mol. The number of aryl methyl sites for hydroxylation is 1. The van der Waals surface area contributed by atoms with E-state index in [0.29, 0.717) is 11.9 Å². The number of hydrogen-bond donors (Lipinski definition) is 1. The Morgan fingerprint density at radius 3 is 3.19 bits per heavy atom. The quantitative estimate of drug-likeness (QED) is 0.922. The average Bonchev–Trinajstić information content (AvgIpc) is 2.99. The Kier molecular flexibility index (Phi) is 4.85. The number of nitrogen functional groups attached to an aromatic ring is 1. The lowest BCUT2D eigenvalue weighted by Crippen LogP contribution is -2.41. The lowest BCUT2D eigenvalue weighted by atomic mass is 10.1. The van der Waals surface area contributed by atoms with Gasteiger partial charge >= 0.3 is 0 Å². The Hall–Kier alpha value is -1.43. The Labute approximate surface area is 129 Å². The van der Waals surface area contributed by atoms with Crippen molar-refractivity contribution in [1.29, 1.82) is 0 Å². The second-order valence-corrected chi connectivity index (χ2v) is 6.47. The highest BCUT2D eigenvalue weighted by molar-refractivity contribution is 7.09. The van der Waals surface area contributed by atoms with Crippen molar-refractivity contribution in [2.24, 2.45) is 0 Å². The molecule has 1 saturated heterocycles. The molecular formula is C16H21N3OS. The fourth-order valence-electron chi connectivity index (χ4n) is 2.70. The standard InChI is InChI=1S/C16H21N3OS/c17-16-10-13(5-6-18-16)3-4-14-11-19(7-8-20-14)12-15-2-1-9-21-15/h1-2,5-6,9-10,14H,3-4,7-8,11-12H2,(H2,17,18)/t14-/m0/s1. The van der Waals surface area contributed by atoms with Gasteiger partial charge in [-0.05, 0) is 42.0 Å². The van der Waals surface area contributed by atoms with Gasteiger partial charge in [0.1, 0.15) is 5.82 Å². The highest BCUT2D eigenvalue weighted by Gasteiger charge is 2.20. The van der Waals surface area contributed by atoms with E-state index in [1.807, 2.05) is 23.5 Å². The molecule has 0 spiro atoms. The molecule has 2 N–H and O–H groups in total. The third kappa shape index (κ3) is 4.27. The Bertz CT molecular complexity index is 558. The van der Waals surface area contributed by atoms with Crippen LogP contribution in [0.4, 0.5) is 5.82 Å². The number of nitrogens with two attached hydrogens (primary N) is 1. The number of aromatic nitrogens is 1. The smallest absolute Gasteiger partial charge is 0.123 e. The van der Waals surface area contributed by atoms with E-state index in [9.17, 15) is 0 Å². The van der Waals surface area contributed by atoms with Crippen LogP contribution in [0.2, 0.25) is 0 Å². The lowest BCUT2D eigenvalue weighted by Gasteiger charge is -2.32. The van der Waals surface area contributed by atoms with Crippen LogP contribution in [0, 0.1) is 0 Å². The summed E-state index contributed by atoms with van der Waals surface area (Å²) in [4.78, 5) is 7.94. The number of morpholine rings is 1. The minimum absolute atomic E-state index is 0.313. The summed E-state index contributed by atoms with van der Waals surface area (Å²) in [5.41, 5.74) is 6.95. The van der Waals surface area contributed by atoms with Crippen molar-refractivity contribution < 1.29 is 4.74 Å². The molecule has 2 aromatic heterocycles. The summed E-state index contributed by atoms with van der Waals surface area (Å²) in [7, 11) is 0. The van der Waals surface area contributed by atoms with E-state index in [1.54, 1.807) is 6.20 Å². The molecule has 3 rings (SSSR count). The third-order valence-electron chi connectivity index (χ3n) is 3.78. The molecule has 0 aromatic carbocycles. The van der Waals surface area contributed by atoms with E-state index in [1.165, 1.54) is 10.4 Å². The van der Waals surface area contributed by atoms with Gasteiger partial charge in [0.05, 0.1) is 12.7 Å². The zero-order chi connectivity index (χ0) is 14.5. The highest BCUT2D eigenvalue weighted by Crippen LogP contribution is 2.17. The summed E-state index contributed by atoms with van der Waals surface area (Å²) in [6.07, 6.45) is 4.11. The first-order valence-corrected chi connectivity index (χ1v) is 8.24. The van der Waals surface area contributed by atoms with E-state index in [4.69, 9.17) is 10.5 Å². The number of nitrogens with zero attached hydrogens (tertiary/aromatic N) is 2. The van der Waals surface area contributed by atoms with Gasteiger partial charge in [0.2, 0.25) is 0 Å². The Morgan fingerprint density at radius 1 is 1.43 bits per heavy atom. The number of hydrogen-bond acceptors (Lipinski definition) is 5. The Morgan fingerprint density at radius 2 is 2.38 bits per heavy atom. The number of ether oxygens (including phenoxy) is 1. The van der Waals surface area contributed by atoms with E-state index >= 15 is 0 Å². The molecule has 1 aliphatic heterocycles. The van der Waals surface area contributed by atoms with Crippen LogP contribution in [-0.2, 0) is 17.7 Å². The van der Waals surface area contributed by atoms with Gasteiger partial charge in [-0.1, -0.05) is 6.07 Å². The summed E-state index contributed by atoms with van der Waals surface area (Å²) in [6.45, 7) is 3.91. The number of anilines is 1. The van der Waals surface area contributed by atoms with E-state index < -0.39 is 0 Å². The van der Waals surface area contributed by atoms with Crippen molar-refractivity contribution in [2.75, 3.05) is 25.4 Å². The second-order valence-electron chi connectivity index (χ2n) is 5.43. The van der Waals surface area contributed by atoms with Crippen LogP contribution < -0.4 is 5.73 Å². The van der Waals surface area contributed by atoms with Gasteiger partial charge in [-0.2, -0.15) is 0 Å². The highest BCUT2D eigenvalue weighted by atomic mass is 32.1. The molecule has 5 heteroatoms. The Balaban J connectivity index is 1.49. The largest absolute Gasteiger partial charge is 0.384 e. The van der Waals surface area contributed by atoms with Crippen molar-refractivity contribution in [3.8, 4) is 0 Å². The van der Waals surface area contributed by atoms with Gasteiger partial charge in [0.15, 0.2) is 0 Å². The topological polar surface area (TPSA) is 51.4 Å². The molecule has 0 radical (unpaired) electrons. The molecule has 1 fully saturated rings. The van der Waals surface area contributed by atoms with Gasteiger partial charge < -0.3 is 10.5 Å². The normalized spacial score (nSPS) is 19.7. The van der Waals surface area contributed by atoms with Crippen LogP contribution in [0.5, 0.6) is 0 Å². The summed E-state index contributed by atoms with van der Waals surface area (Å²) < 4.78 is 5.89. The minimum Gasteiger partial charge on any atom is -0.384 e. The maximum atomic E-state index is 5.89. The van der Waals surface area contributed by atoms with Crippen LogP contribution >= 0.6 is 11.3 Å². The van der Waals surface area contributed by atoms with Gasteiger partial charge in [-0.15, -0.1) is 11.3 Å². The maximum Gasteiger partial charge on any atom is 0.123 e. The summed E-state index contributed by atoms with van der Waals surface area (Å²) in [6, 6.07) is 8.30. The maximum absolute atomic E-state index is 5.89. The molecule has 1 aliphatic rings. The zero-order valence-electron chi connectivity index (χ0n) is 12.1. The number of thiophene rings is 1. The predicted molar refractivity (Wildman–Crippen MR) is 86.3 cm³/mol. The van der Waals surface area contributed by atoms with E-state index in [2.05, 4.69) is 27.4 Å². The van der Waals surface area contributed by atoms with E-state index in [0.717, 1.165) is 39.1 Å². The van der Waals surface area contributed by atoms with Gasteiger partial charge in [-0.3, -0.25) is 4.90 Å². The summed E-state index contributed by atoms with van der Waals surface area (Å²) >= 11 is 1.83. The van der Waals surface area contributed by atoms with Crippen LogP contribution in [-0.4, -0.2) is 35.7 Å². The van der Waals surface area contributed by atoms with Gasteiger partial charge in [0.25, 0.3) is 0 Å². The molecule has 0 saturated carbocycles. The fraction of sp³-hybridized carbons (Fsp3) is 0.438. The molecule has 0 amide bonds. The monoisotopic (exact) mass is 303 g/mol.